The van der Waals surface area contributed by atoms with Crippen molar-refractivity contribution in [2.75, 3.05) is 0 Å². The summed E-state index contributed by atoms with van der Waals surface area (Å²) < 4.78 is 39.6. The van der Waals surface area contributed by atoms with Crippen LogP contribution in [0.4, 0.5) is 13.2 Å². The molecule has 2 rings (SSSR count). The highest BCUT2D eigenvalue weighted by Crippen LogP contribution is 2.18. The molecule has 0 amide bonds. The molecule has 0 atom stereocenters. The molecule has 0 heterocycles. The van der Waals surface area contributed by atoms with Gasteiger partial charge in [-0.2, -0.15) is 0 Å². The van der Waals surface area contributed by atoms with Gasteiger partial charge in [0, 0.05) is 29.2 Å². The van der Waals surface area contributed by atoms with Crippen molar-refractivity contribution in [1.82, 2.24) is 5.32 Å². The van der Waals surface area contributed by atoms with E-state index < -0.39 is 11.6 Å². The van der Waals surface area contributed by atoms with Gasteiger partial charge < -0.3 is 5.32 Å². The summed E-state index contributed by atoms with van der Waals surface area (Å²) in [6.07, 6.45) is 0. The zero-order chi connectivity index (χ0) is 13.8. The van der Waals surface area contributed by atoms with E-state index in [4.69, 9.17) is 0 Å². The molecule has 0 spiro atoms. The van der Waals surface area contributed by atoms with Crippen molar-refractivity contribution < 1.29 is 13.2 Å². The lowest BCUT2D eigenvalue weighted by Gasteiger charge is -2.08. The Kier molecular flexibility index (Phi) is 4.61. The van der Waals surface area contributed by atoms with Gasteiger partial charge in [0.05, 0.1) is 0 Å². The number of hydrogen-bond donors (Lipinski definition) is 1. The first-order chi connectivity index (χ1) is 9.06. The van der Waals surface area contributed by atoms with Crippen LogP contribution in [0.25, 0.3) is 0 Å². The number of halogens is 4. The van der Waals surface area contributed by atoms with Gasteiger partial charge in [-0.05, 0) is 23.8 Å². The Labute approximate surface area is 117 Å². The summed E-state index contributed by atoms with van der Waals surface area (Å²) in [6.45, 7) is 0.730. The van der Waals surface area contributed by atoms with E-state index in [0.717, 1.165) is 11.6 Å². The van der Waals surface area contributed by atoms with Crippen molar-refractivity contribution in [3.8, 4) is 0 Å². The first-order valence-corrected chi connectivity index (χ1v) is 6.44. The smallest absolute Gasteiger partial charge is 0.130 e. The van der Waals surface area contributed by atoms with E-state index in [1.807, 2.05) is 0 Å². The van der Waals surface area contributed by atoms with E-state index in [9.17, 15) is 13.2 Å². The van der Waals surface area contributed by atoms with Gasteiger partial charge in [0.15, 0.2) is 0 Å². The third-order valence-corrected chi connectivity index (χ3v) is 3.40. The maximum Gasteiger partial charge on any atom is 0.130 e. The van der Waals surface area contributed by atoms with Gasteiger partial charge in [-0.3, -0.25) is 0 Å². The summed E-state index contributed by atoms with van der Waals surface area (Å²) in [5, 5.41) is 3.02. The maximum absolute atomic E-state index is 13.4. The number of rotatable bonds is 4. The first-order valence-electron chi connectivity index (χ1n) is 5.65. The Morgan fingerprint density at radius 1 is 0.842 bits per heavy atom. The normalized spacial score (nSPS) is 10.7. The molecule has 19 heavy (non-hydrogen) atoms. The van der Waals surface area contributed by atoms with Gasteiger partial charge in [-0.25, -0.2) is 13.2 Å². The second-order valence-corrected chi connectivity index (χ2v) is 4.93. The Bertz CT molecular complexity index is 535. The highest BCUT2D eigenvalue weighted by molar-refractivity contribution is 9.10. The quantitative estimate of drug-likeness (QED) is 0.888. The Morgan fingerprint density at radius 2 is 1.42 bits per heavy atom. The summed E-state index contributed by atoms with van der Waals surface area (Å²) in [4.78, 5) is 0. The number of hydrogen-bond acceptors (Lipinski definition) is 1. The molecule has 100 valence electrons. The lowest BCUT2D eigenvalue weighted by atomic mass is 10.2. The predicted octanol–water partition coefficient (Wildman–Crippen LogP) is 4.16. The van der Waals surface area contributed by atoms with E-state index in [1.54, 1.807) is 6.07 Å². The van der Waals surface area contributed by atoms with Crippen molar-refractivity contribution in [3.63, 3.8) is 0 Å². The van der Waals surface area contributed by atoms with Crippen LogP contribution >= 0.6 is 15.9 Å². The number of benzene rings is 2. The zero-order valence-corrected chi connectivity index (χ0v) is 11.5. The Balaban J connectivity index is 1.96. The topological polar surface area (TPSA) is 12.0 Å². The highest BCUT2D eigenvalue weighted by atomic mass is 79.9. The minimum atomic E-state index is -0.595. The summed E-state index contributed by atoms with van der Waals surface area (Å²) in [5.74, 6) is -1.49. The predicted molar refractivity (Wildman–Crippen MR) is 71.0 cm³/mol. The lowest BCUT2D eigenvalue weighted by molar-refractivity contribution is 0.560. The monoisotopic (exact) mass is 329 g/mol. The summed E-state index contributed by atoms with van der Waals surface area (Å²) in [5.41, 5.74) is 1.25. The molecule has 0 saturated heterocycles. The van der Waals surface area contributed by atoms with Gasteiger partial charge in [-0.15, -0.1) is 0 Å². The average molecular weight is 330 g/mol. The van der Waals surface area contributed by atoms with Crippen LogP contribution in [0.15, 0.2) is 40.9 Å². The largest absolute Gasteiger partial charge is 0.308 e. The fraction of sp³-hybridized carbons (Fsp3) is 0.143. The van der Waals surface area contributed by atoms with Crippen molar-refractivity contribution >= 4 is 15.9 Å². The van der Waals surface area contributed by atoms with Crippen LogP contribution in [0, 0.1) is 17.5 Å². The van der Waals surface area contributed by atoms with Crippen LogP contribution in [-0.4, -0.2) is 0 Å². The Morgan fingerprint density at radius 3 is 2.05 bits per heavy atom. The van der Waals surface area contributed by atoms with Crippen molar-refractivity contribution in [2.45, 2.75) is 13.1 Å². The first kappa shape index (κ1) is 14.1. The molecule has 0 aromatic heterocycles. The van der Waals surface area contributed by atoms with Crippen LogP contribution in [0.5, 0.6) is 0 Å². The summed E-state index contributed by atoms with van der Waals surface area (Å²) in [7, 11) is 0. The van der Waals surface area contributed by atoms with E-state index in [-0.39, 0.29) is 12.4 Å². The zero-order valence-electron chi connectivity index (χ0n) is 9.89. The molecule has 0 aliphatic rings. The molecule has 0 aliphatic carbocycles. The third kappa shape index (κ3) is 3.81. The van der Waals surface area contributed by atoms with Crippen LogP contribution in [0.1, 0.15) is 11.1 Å². The number of nitrogens with one attached hydrogen (secondary N) is 1. The molecule has 2 aromatic rings. The highest BCUT2D eigenvalue weighted by Gasteiger charge is 2.05. The van der Waals surface area contributed by atoms with Gasteiger partial charge in [-0.1, -0.05) is 28.1 Å². The molecule has 1 N–H and O–H groups in total. The second-order valence-electron chi connectivity index (χ2n) is 4.08. The molecule has 0 radical (unpaired) electrons. The fourth-order valence-electron chi connectivity index (χ4n) is 1.66. The van der Waals surface area contributed by atoms with Crippen molar-refractivity contribution in [1.29, 1.82) is 0 Å². The molecule has 2 aromatic carbocycles. The Hall–Kier alpha value is -1.33. The van der Waals surface area contributed by atoms with E-state index in [2.05, 4.69) is 21.2 Å². The van der Waals surface area contributed by atoms with Crippen molar-refractivity contribution in [2.24, 2.45) is 0 Å². The molecule has 0 bridgehead atoms. The lowest BCUT2D eigenvalue weighted by Crippen LogP contribution is -2.14. The molecular weight excluding hydrogens is 319 g/mol. The van der Waals surface area contributed by atoms with Crippen LogP contribution in [-0.2, 0) is 13.1 Å². The molecular formula is C14H11BrF3N. The van der Waals surface area contributed by atoms with Crippen molar-refractivity contribution in [3.05, 3.63) is 69.4 Å². The standard InChI is InChI=1S/C14H11BrF3N/c15-13-5-11(16)3-1-9(13)7-19-8-10-2-4-12(17)6-14(10)18/h1-6,19H,7-8H2. The van der Waals surface area contributed by atoms with Gasteiger partial charge in [0.25, 0.3) is 0 Å². The minimum Gasteiger partial charge on any atom is -0.308 e. The maximum atomic E-state index is 13.4. The second kappa shape index (κ2) is 6.21. The summed E-state index contributed by atoms with van der Waals surface area (Å²) >= 11 is 3.25. The van der Waals surface area contributed by atoms with Crippen LogP contribution in [0.2, 0.25) is 0 Å². The van der Waals surface area contributed by atoms with E-state index >= 15 is 0 Å². The molecule has 0 fully saturated rings. The third-order valence-electron chi connectivity index (χ3n) is 2.66. The molecule has 1 nitrogen and oxygen atoms in total. The van der Waals surface area contributed by atoms with E-state index in [1.165, 1.54) is 24.3 Å². The summed E-state index contributed by atoms with van der Waals surface area (Å²) in [6, 6.07) is 7.85. The van der Waals surface area contributed by atoms with Gasteiger partial charge >= 0.3 is 0 Å². The molecule has 0 saturated carbocycles. The van der Waals surface area contributed by atoms with Crippen LogP contribution in [0.3, 0.4) is 0 Å². The SMILES string of the molecule is Fc1ccc(CNCc2ccc(F)cc2Br)c(F)c1. The van der Waals surface area contributed by atoms with Crippen LogP contribution < -0.4 is 5.32 Å². The molecule has 0 unspecified atom stereocenters. The van der Waals surface area contributed by atoms with E-state index in [0.29, 0.717) is 16.6 Å². The van der Waals surface area contributed by atoms with Gasteiger partial charge in [0.1, 0.15) is 17.5 Å². The molecule has 0 aliphatic heterocycles. The minimum absolute atomic E-state index is 0.274. The molecule has 5 heteroatoms. The fourth-order valence-corrected chi connectivity index (χ4v) is 2.15. The average Bonchev–Trinajstić information content (AvgIpc) is 2.34. The van der Waals surface area contributed by atoms with Gasteiger partial charge in [0.2, 0.25) is 0 Å².